The molecule has 0 aromatic heterocycles. The Morgan fingerprint density at radius 3 is 2.61 bits per heavy atom. The Hall–Kier alpha value is -0.810. The normalized spacial score (nSPS) is 23.9. The molecule has 1 saturated heterocycles. The number of carbonyl (C=O) groups excluding carboxylic acids is 1. The third kappa shape index (κ3) is 4.46. The molecule has 1 unspecified atom stereocenters. The van der Waals surface area contributed by atoms with E-state index in [1.54, 1.807) is 0 Å². The molecule has 1 heterocycles. The first-order valence-electron chi connectivity index (χ1n) is 6.58. The molecule has 1 atom stereocenters. The first kappa shape index (κ1) is 15.2. The lowest BCUT2D eigenvalue weighted by molar-refractivity contribution is -0.00715. The summed E-state index contributed by atoms with van der Waals surface area (Å²) in [4.78, 5) is 14.0. The van der Waals surface area contributed by atoms with Crippen LogP contribution in [0.1, 0.15) is 47.5 Å². The number of carbonyl (C=O) groups is 1. The summed E-state index contributed by atoms with van der Waals surface area (Å²) in [6, 6.07) is 0.123. The Bertz CT molecular complexity index is 297. The van der Waals surface area contributed by atoms with Gasteiger partial charge >= 0.3 is 6.09 Å². The van der Waals surface area contributed by atoms with Crippen molar-refractivity contribution in [3.63, 3.8) is 0 Å². The molecule has 18 heavy (non-hydrogen) atoms. The van der Waals surface area contributed by atoms with Crippen LogP contribution in [0.4, 0.5) is 4.79 Å². The summed E-state index contributed by atoms with van der Waals surface area (Å²) in [6.45, 7) is 11.3. The fourth-order valence-corrected chi connectivity index (χ4v) is 2.26. The largest absolute Gasteiger partial charge is 0.444 e. The van der Waals surface area contributed by atoms with Gasteiger partial charge < -0.3 is 9.64 Å². The smallest absolute Gasteiger partial charge is 0.410 e. The quantitative estimate of drug-likeness (QED) is 0.585. The van der Waals surface area contributed by atoms with Crippen molar-refractivity contribution in [3.8, 4) is 0 Å². The number of rotatable bonds is 2. The van der Waals surface area contributed by atoms with Crippen LogP contribution in [0, 0.1) is 5.41 Å². The molecule has 5 nitrogen and oxygen atoms in total. The number of nitrogens with two attached hydrogens (primary N) is 1. The predicted molar refractivity (Wildman–Crippen MR) is 71.9 cm³/mol. The van der Waals surface area contributed by atoms with Gasteiger partial charge in [-0.3, -0.25) is 11.3 Å². The fraction of sp³-hybridized carbons (Fsp3) is 0.923. The SMILES string of the molecule is CC1(C)CCC(CNN)N(C(=O)OC(C)(C)C)C1. The molecule has 3 N–H and O–H groups in total. The highest BCUT2D eigenvalue weighted by Gasteiger charge is 2.37. The molecule has 0 aromatic carbocycles. The average Bonchev–Trinajstić information content (AvgIpc) is 2.18. The molecule has 5 heteroatoms. The molecule has 0 aliphatic carbocycles. The van der Waals surface area contributed by atoms with Crippen LogP contribution in [0.15, 0.2) is 0 Å². The van der Waals surface area contributed by atoms with Crippen LogP contribution in [0.3, 0.4) is 0 Å². The highest BCUT2D eigenvalue weighted by Crippen LogP contribution is 2.32. The van der Waals surface area contributed by atoms with E-state index in [0.29, 0.717) is 13.1 Å². The highest BCUT2D eigenvalue weighted by atomic mass is 16.6. The lowest BCUT2D eigenvalue weighted by Gasteiger charge is -2.43. The van der Waals surface area contributed by atoms with Gasteiger partial charge in [-0.05, 0) is 39.0 Å². The highest BCUT2D eigenvalue weighted by molar-refractivity contribution is 5.68. The van der Waals surface area contributed by atoms with Crippen molar-refractivity contribution in [2.24, 2.45) is 11.3 Å². The first-order chi connectivity index (χ1) is 8.14. The second-order valence-corrected chi connectivity index (χ2v) is 6.87. The lowest BCUT2D eigenvalue weighted by Crippen LogP contribution is -2.55. The van der Waals surface area contributed by atoms with Crippen LogP contribution in [0.2, 0.25) is 0 Å². The van der Waals surface area contributed by atoms with Gasteiger partial charge in [-0.1, -0.05) is 13.8 Å². The van der Waals surface area contributed by atoms with Gasteiger partial charge in [0.05, 0.1) is 0 Å². The summed E-state index contributed by atoms with van der Waals surface area (Å²) in [6.07, 6.45) is 1.81. The van der Waals surface area contributed by atoms with E-state index < -0.39 is 5.60 Å². The summed E-state index contributed by atoms with van der Waals surface area (Å²) >= 11 is 0. The van der Waals surface area contributed by atoms with Gasteiger partial charge in [0, 0.05) is 19.1 Å². The first-order valence-corrected chi connectivity index (χ1v) is 6.58. The van der Waals surface area contributed by atoms with Crippen molar-refractivity contribution in [2.75, 3.05) is 13.1 Å². The van der Waals surface area contributed by atoms with Crippen LogP contribution >= 0.6 is 0 Å². The molecular formula is C13H27N3O2. The second-order valence-electron chi connectivity index (χ2n) is 6.87. The number of ether oxygens (including phenoxy) is 1. The minimum atomic E-state index is -0.459. The van der Waals surface area contributed by atoms with Crippen LogP contribution in [-0.4, -0.2) is 35.7 Å². The van der Waals surface area contributed by atoms with Crippen molar-refractivity contribution in [1.29, 1.82) is 0 Å². The lowest BCUT2D eigenvalue weighted by atomic mass is 9.81. The molecule has 106 valence electrons. The molecule has 0 aromatic rings. The zero-order valence-corrected chi connectivity index (χ0v) is 12.2. The topological polar surface area (TPSA) is 67.6 Å². The number of hydrogen-bond acceptors (Lipinski definition) is 4. The maximum absolute atomic E-state index is 12.2. The summed E-state index contributed by atoms with van der Waals surface area (Å²) in [5.74, 6) is 5.39. The van der Waals surface area contributed by atoms with Crippen molar-refractivity contribution >= 4 is 6.09 Å². The van der Waals surface area contributed by atoms with E-state index in [2.05, 4.69) is 19.3 Å². The molecule has 1 aliphatic rings. The van der Waals surface area contributed by atoms with E-state index in [9.17, 15) is 4.79 Å². The Kier molecular flexibility index (Phi) is 4.61. The van der Waals surface area contributed by atoms with Gasteiger partial charge in [-0.25, -0.2) is 4.79 Å². The number of piperidine rings is 1. The fourth-order valence-electron chi connectivity index (χ4n) is 2.26. The zero-order valence-electron chi connectivity index (χ0n) is 12.2. The maximum Gasteiger partial charge on any atom is 0.410 e. The van der Waals surface area contributed by atoms with Crippen molar-refractivity contribution in [1.82, 2.24) is 10.3 Å². The van der Waals surface area contributed by atoms with Crippen molar-refractivity contribution in [3.05, 3.63) is 0 Å². The molecule has 0 radical (unpaired) electrons. The minimum absolute atomic E-state index is 0.123. The number of hydrazine groups is 1. The number of hydrogen-bond donors (Lipinski definition) is 2. The maximum atomic E-state index is 12.2. The summed E-state index contributed by atoms with van der Waals surface area (Å²) < 4.78 is 5.47. The molecule has 1 rings (SSSR count). The van der Waals surface area contributed by atoms with Crippen LogP contribution < -0.4 is 11.3 Å². The van der Waals surface area contributed by atoms with Gasteiger partial charge in [0.2, 0.25) is 0 Å². The molecule has 1 aliphatic heterocycles. The average molecular weight is 257 g/mol. The predicted octanol–water partition coefficient (Wildman–Crippen LogP) is 1.88. The molecular weight excluding hydrogens is 230 g/mol. The van der Waals surface area contributed by atoms with Gasteiger partial charge in [0.15, 0.2) is 0 Å². The Morgan fingerprint density at radius 2 is 2.11 bits per heavy atom. The van der Waals surface area contributed by atoms with Crippen LogP contribution in [0.5, 0.6) is 0 Å². The van der Waals surface area contributed by atoms with E-state index >= 15 is 0 Å². The summed E-state index contributed by atoms with van der Waals surface area (Å²) in [5.41, 5.74) is 2.34. The van der Waals surface area contributed by atoms with E-state index in [1.807, 2.05) is 25.7 Å². The van der Waals surface area contributed by atoms with E-state index in [-0.39, 0.29) is 17.6 Å². The third-order valence-corrected chi connectivity index (χ3v) is 3.17. The molecule has 1 fully saturated rings. The Morgan fingerprint density at radius 1 is 1.50 bits per heavy atom. The Labute approximate surface area is 110 Å². The number of likely N-dealkylation sites (tertiary alicyclic amines) is 1. The number of nitrogens with zero attached hydrogens (tertiary/aromatic N) is 1. The van der Waals surface area contributed by atoms with Gasteiger partial charge in [-0.15, -0.1) is 0 Å². The number of nitrogens with one attached hydrogen (secondary N) is 1. The molecule has 0 bridgehead atoms. The summed E-state index contributed by atoms with van der Waals surface area (Å²) in [5, 5.41) is 0. The standard InChI is InChI=1S/C13H27N3O2/c1-12(2,3)18-11(17)16-9-13(4,5)7-6-10(16)8-15-14/h10,15H,6-9,14H2,1-5H3. The van der Waals surface area contributed by atoms with Crippen molar-refractivity contribution in [2.45, 2.75) is 59.1 Å². The second kappa shape index (κ2) is 5.45. The number of amides is 1. The molecule has 1 amide bonds. The Balaban J connectivity index is 2.75. The molecule has 0 saturated carbocycles. The summed E-state index contributed by atoms with van der Waals surface area (Å²) in [7, 11) is 0. The monoisotopic (exact) mass is 257 g/mol. The van der Waals surface area contributed by atoms with Crippen LogP contribution in [-0.2, 0) is 4.74 Å². The van der Waals surface area contributed by atoms with Crippen LogP contribution in [0.25, 0.3) is 0 Å². The minimum Gasteiger partial charge on any atom is -0.444 e. The van der Waals surface area contributed by atoms with Gasteiger partial charge in [-0.2, -0.15) is 0 Å². The van der Waals surface area contributed by atoms with Gasteiger partial charge in [0.1, 0.15) is 5.60 Å². The van der Waals surface area contributed by atoms with E-state index in [0.717, 1.165) is 12.8 Å². The van der Waals surface area contributed by atoms with E-state index in [1.165, 1.54) is 0 Å². The molecule has 0 spiro atoms. The third-order valence-electron chi connectivity index (χ3n) is 3.17. The van der Waals surface area contributed by atoms with Gasteiger partial charge in [0.25, 0.3) is 0 Å². The zero-order chi connectivity index (χ0) is 14.0. The van der Waals surface area contributed by atoms with E-state index in [4.69, 9.17) is 10.6 Å². The van der Waals surface area contributed by atoms with Crippen molar-refractivity contribution < 1.29 is 9.53 Å².